The van der Waals surface area contributed by atoms with E-state index in [9.17, 15) is 4.39 Å². The molecule has 6 heteroatoms. The van der Waals surface area contributed by atoms with Gasteiger partial charge in [0.2, 0.25) is 0 Å². The standard InChI is InChI=1S/C14H15FN4S/c1-2-16-14(20)18-17-10-13-4-3-9-19(13)12-7-5-11(15)6-8-12/h3-10H,2H2,1H3,(H2,16,18,20). The molecule has 1 aromatic heterocycles. The van der Waals surface area contributed by atoms with Gasteiger partial charge in [-0.25, -0.2) is 4.39 Å². The Morgan fingerprint density at radius 3 is 2.80 bits per heavy atom. The van der Waals surface area contributed by atoms with Crippen LogP contribution in [0, 0.1) is 5.82 Å². The van der Waals surface area contributed by atoms with E-state index in [1.807, 2.05) is 29.8 Å². The number of aromatic nitrogens is 1. The first-order valence-corrected chi connectivity index (χ1v) is 6.61. The molecule has 0 saturated heterocycles. The van der Waals surface area contributed by atoms with Crippen LogP contribution in [0.3, 0.4) is 0 Å². The minimum absolute atomic E-state index is 0.256. The second-order valence-corrected chi connectivity index (χ2v) is 4.42. The average molecular weight is 290 g/mol. The largest absolute Gasteiger partial charge is 0.362 e. The van der Waals surface area contributed by atoms with Crippen molar-refractivity contribution in [2.45, 2.75) is 6.92 Å². The predicted molar refractivity (Wildman–Crippen MR) is 82.7 cm³/mol. The van der Waals surface area contributed by atoms with Crippen LogP contribution in [-0.4, -0.2) is 22.4 Å². The Kier molecular flexibility index (Phi) is 4.84. The third kappa shape index (κ3) is 3.64. The van der Waals surface area contributed by atoms with Crippen molar-refractivity contribution in [3.63, 3.8) is 0 Å². The molecule has 1 aromatic carbocycles. The molecule has 104 valence electrons. The summed E-state index contributed by atoms with van der Waals surface area (Å²) in [5, 5.41) is 7.47. The molecule has 2 rings (SSSR count). The summed E-state index contributed by atoms with van der Waals surface area (Å²) in [6.45, 7) is 2.70. The maximum atomic E-state index is 12.9. The molecule has 2 aromatic rings. The summed E-state index contributed by atoms with van der Waals surface area (Å²) in [5.74, 6) is -0.256. The zero-order valence-corrected chi connectivity index (χ0v) is 11.8. The Balaban J connectivity index is 2.11. The van der Waals surface area contributed by atoms with Crippen molar-refractivity contribution in [1.29, 1.82) is 0 Å². The van der Waals surface area contributed by atoms with Crippen LogP contribution >= 0.6 is 12.2 Å². The number of hydrazone groups is 1. The van der Waals surface area contributed by atoms with Crippen LogP contribution in [0.25, 0.3) is 5.69 Å². The Bertz CT molecular complexity index is 604. The monoisotopic (exact) mass is 290 g/mol. The molecule has 2 N–H and O–H groups in total. The molecule has 0 unspecified atom stereocenters. The van der Waals surface area contributed by atoms with Gasteiger partial charge in [-0.1, -0.05) is 0 Å². The van der Waals surface area contributed by atoms with E-state index in [1.165, 1.54) is 12.1 Å². The average Bonchev–Trinajstić information content (AvgIpc) is 2.88. The zero-order valence-electron chi connectivity index (χ0n) is 11.0. The number of hydrogen-bond donors (Lipinski definition) is 2. The molecular weight excluding hydrogens is 275 g/mol. The number of rotatable bonds is 4. The highest BCUT2D eigenvalue weighted by molar-refractivity contribution is 7.80. The van der Waals surface area contributed by atoms with Crippen LogP contribution in [0.1, 0.15) is 12.6 Å². The van der Waals surface area contributed by atoms with Crippen molar-refractivity contribution in [3.05, 3.63) is 54.1 Å². The van der Waals surface area contributed by atoms with E-state index in [2.05, 4.69) is 15.8 Å². The summed E-state index contributed by atoms with van der Waals surface area (Å²) in [6.07, 6.45) is 3.55. The number of nitrogens with zero attached hydrogens (tertiary/aromatic N) is 2. The summed E-state index contributed by atoms with van der Waals surface area (Å²) < 4.78 is 14.8. The van der Waals surface area contributed by atoms with Crippen LogP contribution in [0.5, 0.6) is 0 Å². The molecule has 0 spiro atoms. The molecule has 0 aliphatic rings. The second-order valence-electron chi connectivity index (χ2n) is 4.01. The Hall–Kier alpha value is -2.21. The molecule has 4 nitrogen and oxygen atoms in total. The fourth-order valence-electron chi connectivity index (χ4n) is 1.69. The molecule has 0 fully saturated rings. The fraction of sp³-hybridized carbons (Fsp3) is 0.143. The van der Waals surface area contributed by atoms with E-state index in [0.717, 1.165) is 17.9 Å². The van der Waals surface area contributed by atoms with Crippen molar-refractivity contribution in [2.75, 3.05) is 6.54 Å². The van der Waals surface area contributed by atoms with E-state index >= 15 is 0 Å². The summed E-state index contributed by atoms with van der Waals surface area (Å²) in [4.78, 5) is 0. The molecule has 0 amide bonds. The van der Waals surface area contributed by atoms with Crippen LogP contribution in [-0.2, 0) is 0 Å². The third-order valence-corrected chi connectivity index (χ3v) is 2.82. The van der Waals surface area contributed by atoms with Crippen molar-refractivity contribution in [2.24, 2.45) is 5.10 Å². The van der Waals surface area contributed by atoms with Crippen LogP contribution in [0.15, 0.2) is 47.7 Å². The second kappa shape index (κ2) is 6.81. The number of nitrogens with one attached hydrogen (secondary N) is 2. The SMILES string of the molecule is CCNC(=S)NN=Cc1cccn1-c1ccc(F)cc1. The van der Waals surface area contributed by atoms with Gasteiger partial charge in [0.05, 0.1) is 11.9 Å². The molecule has 1 heterocycles. The number of thiocarbonyl (C=S) groups is 1. The number of hydrogen-bond acceptors (Lipinski definition) is 2. The van der Waals surface area contributed by atoms with Crippen LogP contribution in [0.2, 0.25) is 0 Å². The first-order valence-electron chi connectivity index (χ1n) is 6.21. The number of halogens is 1. The van der Waals surface area contributed by atoms with Gasteiger partial charge in [0, 0.05) is 18.4 Å². The molecule has 20 heavy (non-hydrogen) atoms. The molecule has 0 aliphatic carbocycles. The van der Waals surface area contributed by atoms with Crippen LogP contribution in [0.4, 0.5) is 4.39 Å². The lowest BCUT2D eigenvalue weighted by Crippen LogP contribution is -2.31. The van der Waals surface area contributed by atoms with Gasteiger partial charge in [-0.15, -0.1) is 0 Å². The highest BCUT2D eigenvalue weighted by atomic mass is 32.1. The highest BCUT2D eigenvalue weighted by Gasteiger charge is 2.01. The van der Waals surface area contributed by atoms with E-state index in [0.29, 0.717) is 5.11 Å². The normalized spacial score (nSPS) is 10.7. The summed E-state index contributed by atoms with van der Waals surface area (Å²) in [5.41, 5.74) is 4.46. The zero-order chi connectivity index (χ0) is 14.4. The molecular formula is C14H15FN4S. The topological polar surface area (TPSA) is 41.4 Å². The molecule has 0 atom stereocenters. The van der Waals surface area contributed by atoms with Crippen LogP contribution < -0.4 is 10.7 Å². The molecule has 0 aliphatic heterocycles. The summed E-state index contributed by atoms with van der Waals surface area (Å²) in [7, 11) is 0. The molecule has 0 saturated carbocycles. The number of benzene rings is 1. The lowest BCUT2D eigenvalue weighted by Gasteiger charge is -2.06. The maximum absolute atomic E-state index is 12.9. The lowest BCUT2D eigenvalue weighted by atomic mass is 10.3. The van der Waals surface area contributed by atoms with Crippen molar-refractivity contribution >= 4 is 23.5 Å². The van der Waals surface area contributed by atoms with Crippen molar-refractivity contribution in [1.82, 2.24) is 15.3 Å². The van der Waals surface area contributed by atoms with Gasteiger partial charge in [0.15, 0.2) is 5.11 Å². The van der Waals surface area contributed by atoms with Gasteiger partial charge in [-0.2, -0.15) is 5.10 Å². The van der Waals surface area contributed by atoms with Gasteiger partial charge in [0.25, 0.3) is 0 Å². The minimum Gasteiger partial charge on any atom is -0.362 e. The van der Waals surface area contributed by atoms with E-state index < -0.39 is 0 Å². The molecule has 0 radical (unpaired) electrons. The maximum Gasteiger partial charge on any atom is 0.186 e. The van der Waals surface area contributed by atoms with E-state index in [1.54, 1.807) is 18.3 Å². The first kappa shape index (κ1) is 14.2. The van der Waals surface area contributed by atoms with Gasteiger partial charge in [-0.05, 0) is 55.5 Å². The van der Waals surface area contributed by atoms with E-state index in [-0.39, 0.29) is 5.82 Å². The van der Waals surface area contributed by atoms with Gasteiger partial charge >= 0.3 is 0 Å². The Morgan fingerprint density at radius 2 is 2.10 bits per heavy atom. The van der Waals surface area contributed by atoms with Crippen molar-refractivity contribution in [3.8, 4) is 5.69 Å². The van der Waals surface area contributed by atoms with Gasteiger partial charge in [0.1, 0.15) is 5.82 Å². The quantitative estimate of drug-likeness (QED) is 0.516. The summed E-state index contributed by atoms with van der Waals surface area (Å²) >= 11 is 5.00. The Morgan fingerprint density at radius 1 is 1.35 bits per heavy atom. The van der Waals surface area contributed by atoms with Gasteiger partial charge < -0.3 is 9.88 Å². The van der Waals surface area contributed by atoms with Gasteiger partial charge in [-0.3, -0.25) is 5.43 Å². The summed E-state index contributed by atoms with van der Waals surface area (Å²) in [6, 6.07) is 10.1. The lowest BCUT2D eigenvalue weighted by molar-refractivity contribution is 0.627. The first-order chi connectivity index (χ1) is 9.70. The fourth-order valence-corrected chi connectivity index (χ4v) is 1.89. The smallest absolute Gasteiger partial charge is 0.186 e. The van der Waals surface area contributed by atoms with E-state index in [4.69, 9.17) is 12.2 Å². The highest BCUT2D eigenvalue weighted by Crippen LogP contribution is 2.12. The predicted octanol–water partition coefficient (Wildman–Crippen LogP) is 2.43. The Labute approximate surface area is 122 Å². The molecule has 0 bridgehead atoms. The van der Waals surface area contributed by atoms with Crippen molar-refractivity contribution < 1.29 is 4.39 Å². The minimum atomic E-state index is -0.256. The third-order valence-electron chi connectivity index (χ3n) is 2.59.